The van der Waals surface area contributed by atoms with E-state index in [2.05, 4.69) is 5.73 Å². The quantitative estimate of drug-likeness (QED) is 0.427. The standard InChI is InChI=1S/C2H5NO2.Al.Ca/c3-1-2(4)5;;/h1,3H2,(H,4,5);;. The summed E-state index contributed by atoms with van der Waals surface area (Å²) in [6.45, 7) is -0.278. The molecule has 35 valence electrons. The molecule has 3 N–H and O–H groups in total. The summed E-state index contributed by atoms with van der Waals surface area (Å²) in [7, 11) is 0. The van der Waals surface area contributed by atoms with Gasteiger partial charge in [-0.25, -0.2) is 0 Å². The first-order valence-corrected chi connectivity index (χ1v) is 1.19. The van der Waals surface area contributed by atoms with E-state index < -0.39 is 5.97 Å². The SMILES string of the molecule is NCC(=O)O.[Al].[Ca]. The van der Waals surface area contributed by atoms with E-state index in [1.165, 1.54) is 0 Å². The fraction of sp³-hybridized carbons (Fsp3) is 0.500. The van der Waals surface area contributed by atoms with Crippen molar-refractivity contribution in [3.63, 3.8) is 0 Å². The number of carboxylic acids is 1. The van der Waals surface area contributed by atoms with Gasteiger partial charge in [-0.05, 0) is 0 Å². The fourth-order valence-electron chi connectivity index (χ4n) is 0. The average molecular weight is 142 g/mol. The number of aliphatic carboxylic acids is 1. The molecule has 5 radical (unpaired) electrons. The van der Waals surface area contributed by atoms with E-state index in [0.29, 0.717) is 0 Å². The molecular formula is C2H5AlCaNO2. The van der Waals surface area contributed by atoms with Gasteiger partial charge in [0.2, 0.25) is 0 Å². The Labute approximate surface area is 82.4 Å². The molecule has 0 aliphatic rings. The molecule has 0 aromatic heterocycles. The zero-order valence-corrected chi connectivity index (χ0v) is 7.29. The van der Waals surface area contributed by atoms with E-state index in [1.807, 2.05) is 0 Å². The predicted octanol–water partition coefficient (Wildman–Crippen LogP) is -1.73. The molecule has 0 rings (SSSR count). The van der Waals surface area contributed by atoms with E-state index in [9.17, 15) is 4.79 Å². The molecule has 0 atom stereocenters. The Morgan fingerprint density at radius 1 is 1.71 bits per heavy atom. The Morgan fingerprint density at radius 2 is 1.86 bits per heavy atom. The Morgan fingerprint density at radius 3 is 1.86 bits per heavy atom. The minimum atomic E-state index is -0.968. The van der Waals surface area contributed by atoms with Crippen LogP contribution >= 0.6 is 0 Å². The van der Waals surface area contributed by atoms with Crippen molar-refractivity contribution in [1.29, 1.82) is 0 Å². The van der Waals surface area contributed by atoms with Crippen LogP contribution in [-0.2, 0) is 4.79 Å². The number of carbonyl (C=O) groups is 1. The monoisotopic (exact) mass is 142 g/mol. The van der Waals surface area contributed by atoms with E-state index in [4.69, 9.17) is 5.11 Å². The van der Waals surface area contributed by atoms with Crippen molar-refractivity contribution < 1.29 is 9.90 Å². The summed E-state index contributed by atoms with van der Waals surface area (Å²) in [5, 5.41) is 7.60. The molecule has 5 heteroatoms. The van der Waals surface area contributed by atoms with Gasteiger partial charge in [-0.1, -0.05) is 0 Å². The van der Waals surface area contributed by atoms with E-state index in [1.54, 1.807) is 0 Å². The Balaban J connectivity index is -0.0000000800. The van der Waals surface area contributed by atoms with Crippen LogP contribution in [0.15, 0.2) is 0 Å². The summed E-state index contributed by atoms with van der Waals surface area (Å²) in [4.78, 5) is 9.24. The third-order valence-electron chi connectivity index (χ3n) is 0.175. The Bertz CT molecular complexity index is 51.0. The number of nitrogens with two attached hydrogens (primary N) is 1. The van der Waals surface area contributed by atoms with Gasteiger partial charge >= 0.3 is 5.97 Å². The first-order chi connectivity index (χ1) is 2.27. The van der Waals surface area contributed by atoms with Gasteiger partial charge in [0, 0.05) is 55.1 Å². The van der Waals surface area contributed by atoms with Crippen LogP contribution in [0.25, 0.3) is 0 Å². The summed E-state index contributed by atoms with van der Waals surface area (Å²) in [5.41, 5.74) is 4.57. The van der Waals surface area contributed by atoms with Crippen LogP contribution in [0.1, 0.15) is 0 Å². The Hall–Kier alpha value is 1.22. The van der Waals surface area contributed by atoms with Gasteiger partial charge in [0.15, 0.2) is 0 Å². The maximum atomic E-state index is 9.24. The van der Waals surface area contributed by atoms with Crippen molar-refractivity contribution in [2.75, 3.05) is 6.54 Å². The van der Waals surface area contributed by atoms with Crippen LogP contribution in [-0.4, -0.2) is 72.7 Å². The summed E-state index contributed by atoms with van der Waals surface area (Å²) in [6, 6.07) is 0. The fourth-order valence-corrected chi connectivity index (χ4v) is 0. The maximum Gasteiger partial charge on any atom is 0.317 e. The molecule has 0 saturated carbocycles. The normalized spacial score (nSPS) is 5.29. The van der Waals surface area contributed by atoms with Crippen LogP contribution in [0.2, 0.25) is 0 Å². The van der Waals surface area contributed by atoms with Gasteiger partial charge in [0.25, 0.3) is 0 Å². The van der Waals surface area contributed by atoms with E-state index in [-0.39, 0.29) is 61.6 Å². The summed E-state index contributed by atoms with van der Waals surface area (Å²) >= 11 is 0. The molecule has 3 nitrogen and oxygen atoms in total. The van der Waals surface area contributed by atoms with Gasteiger partial charge in [0.1, 0.15) is 0 Å². The van der Waals surface area contributed by atoms with E-state index >= 15 is 0 Å². The molecule has 0 aromatic rings. The molecule has 0 heterocycles. The van der Waals surface area contributed by atoms with Crippen molar-refractivity contribution in [2.45, 2.75) is 0 Å². The molecule has 0 bridgehead atoms. The van der Waals surface area contributed by atoms with Gasteiger partial charge in [-0.3, -0.25) is 4.79 Å². The number of hydrogen-bond donors (Lipinski definition) is 2. The number of carboxylic acid groups (broad SMARTS) is 1. The van der Waals surface area contributed by atoms with Gasteiger partial charge in [-0.2, -0.15) is 0 Å². The van der Waals surface area contributed by atoms with Gasteiger partial charge in [-0.15, -0.1) is 0 Å². The molecule has 0 saturated heterocycles. The van der Waals surface area contributed by atoms with Crippen molar-refractivity contribution in [1.82, 2.24) is 0 Å². The average Bonchev–Trinajstić information content (AvgIpc) is 1.38. The van der Waals surface area contributed by atoms with Crippen LogP contribution in [0.3, 0.4) is 0 Å². The molecule has 0 spiro atoms. The zero-order valence-electron chi connectivity index (χ0n) is 3.92. The van der Waals surface area contributed by atoms with Crippen molar-refractivity contribution in [3.8, 4) is 0 Å². The van der Waals surface area contributed by atoms with Crippen LogP contribution < -0.4 is 5.73 Å². The topological polar surface area (TPSA) is 63.3 Å². The van der Waals surface area contributed by atoms with Gasteiger partial charge < -0.3 is 10.8 Å². The molecule has 0 unspecified atom stereocenters. The largest absolute Gasteiger partial charge is 0.480 e. The third kappa shape index (κ3) is 19.0. The minimum absolute atomic E-state index is 0. The van der Waals surface area contributed by atoms with Crippen LogP contribution in [0.4, 0.5) is 0 Å². The molecule has 0 fully saturated rings. The number of rotatable bonds is 1. The second kappa shape index (κ2) is 10.3. The first kappa shape index (κ1) is 15.7. The predicted molar refractivity (Wildman–Crippen MR) is 28.2 cm³/mol. The zero-order chi connectivity index (χ0) is 4.28. The van der Waals surface area contributed by atoms with Crippen molar-refractivity contribution >= 4 is 61.1 Å². The minimum Gasteiger partial charge on any atom is -0.480 e. The molecule has 0 aliphatic heterocycles. The summed E-state index contributed by atoms with van der Waals surface area (Å²) in [5.74, 6) is -0.968. The molecular weight excluding hydrogens is 137 g/mol. The molecule has 0 aliphatic carbocycles. The van der Waals surface area contributed by atoms with Crippen molar-refractivity contribution in [3.05, 3.63) is 0 Å². The molecule has 0 amide bonds. The second-order valence-electron chi connectivity index (χ2n) is 0.598. The van der Waals surface area contributed by atoms with Crippen LogP contribution in [0.5, 0.6) is 0 Å². The van der Waals surface area contributed by atoms with E-state index in [0.717, 1.165) is 0 Å². The molecule has 7 heavy (non-hydrogen) atoms. The molecule has 0 aromatic carbocycles. The van der Waals surface area contributed by atoms with Crippen molar-refractivity contribution in [2.24, 2.45) is 5.73 Å². The Kier molecular flexibility index (Phi) is 23.0. The third-order valence-corrected chi connectivity index (χ3v) is 0.175. The maximum absolute atomic E-state index is 9.24. The van der Waals surface area contributed by atoms with Gasteiger partial charge in [0.05, 0.1) is 6.54 Å². The second-order valence-corrected chi connectivity index (χ2v) is 0.598. The smallest absolute Gasteiger partial charge is 0.317 e. The first-order valence-electron chi connectivity index (χ1n) is 1.19. The summed E-state index contributed by atoms with van der Waals surface area (Å²) < 4.78 is 0. The summed E-state index contributed by atoms with van der Waals surface area (Å²) in [6.07, 6.45) is 0. The van der Waals surface area contributed by atoms with Crippen LogP contribution in [0, 0.1) is 0 Å². The number of hydrogen-bond acceptors (Lipinski definition) is 2.